The first-order valence-electron chi connectivity index (χ1n) is 9.45. The van der Waals surface area contributed by atoms with Crippen LogP contribution in [0.3, 0.4) is 0 Å². The number of pyridine rings is 1. The second-order valence-corrected chi connectivity index (χ2v) is 7.67. The Balaban J connectivity index is 1.71. The van der Waals surface area contributed by atoms with E-state index in [4.69, 9.17) is 4.74 Å². The second-order valence-electron chi connectivity index (χ2n) is 6.64. The molecule has 0 amide bonds. The van der Waals surface area contributed by atoms with Gasteiger partial charge in [-0.1, -0.05) is 36.4 Å². The van der Waals surface area contributed by atoms with Gasteiger partial charge in [0.15, 0.2) is 0 Å². The van der Waals surface area contributed by atoms with E-state index in [-0.39, 0.29) is 22.6 Å². The van der Waals surface area contributed by atoms with Gasteiger partial charge in [0, 0.05) is 6.20 Å². The third kappa shape index (κ3) is 3.56. The van der Waals surface area contributed by atoms with Gasteiger partial charge in [-0.05, 0) is 42.5 Å². The van der Waals surface area contributed by atoms with E-state index in [2.05, 4.69) is 16.0 Å². The summed E-state index contributed by atoms with van der Waals surface area (Å²) in [5, 5.41) is 10.4. The lowest BCUT2D eigenvalue weighted by Crippen LogP contribution is -2.18. The smallest absolute Gasteiger partial charge is 0.269 e. The van der Waals surface area contributed by atoms with Gasteiger partial charge in [-0.25, -0.2) is 4.98 Å². The molecule has 0 aliphatic carbocycles. The zero-order valence-corrected chi connectivity index (χ0v) is 16.9. The molecule has 2 aromatic carbocycles. The lowest BCUT2D eigenvalue weighted by Gasteiger charge is -2.10. The third-order valence-electron chi connectivity index (χ3n) is 4.63. The molecule has 5 aromatic rings. The molecule has 0 spiro atoms. The largest absolute Gasteiger partial charge is 0.438 e. The summed E-state index contributed by atoms with van der Waals surface area (Å²) >= 11 is 1.40. The Kier molecular flexibility index (Phi) is 4.75. The molecular weight excluding hydrogens is 408 g/mol. The molecule has 0 bridgehead atoms. The predicted octanol–water partition coefficient (Wildman–Crippen LogP) is 5.16. The molecule has 0 atom stereocenters. The van der Waals surface area contributed by atoms with Crippen molar-refractivity contribution in [3.05, 3.63) is 99.9 Å². The number of allylic oxidation sites excluding steroid dienone is 1. The lowest BCUT2D eigenvalue weighted by molar-refractivity contribution is 0.461. The fraction of sp³-hybridized carbons (Fsp3) is 0. The first-order chi connectivity index (χ1) is 15.2. The standard InChI is InChI=1S/C24H14N4O2S/c25-15-16(23-26-19-10-4-5-11-20(19)31-23)14-18-22(30-17-8-2-1-3-9-17)27-21-12-6-7-13-28(21)24(18)29/h1-14H. The number of thiazole rings is 1. The van der Waals surface area contributed by atoms with Crippen LogP contribution in [0.2, 0.25) is 0 Å². The lowest BCUT2D eigenvalue weighted by atomic mass is 10.2. The van der Waals surface area contributed by atoms with E-state index in [0.717, 1.165) is 10.2 Å². The van der Waals surface area contributed by atoms with Crippen molar-refractivity contribution in [2.24, 2.45) is 0 Å². The fourth-order valence-electron chi connectivity index (χ4n) is 3.16. The quantitative estimate of drug-likeness (QED) is 0.374. The minimum atomic E-state index is -0.328. The third-order valence-corrected chi connectivity index (χ3v) is 5.69. The van der Waals surface area contributed by atoms with Gasteiger partial charge in [0.1, 0.15) is 28.0 Å². The molecule has 0 saturated heterocycles. The van der Waals surface area contributed by atoms with Crippen molar-refractivity contribution in [1.29, 1.82) is 5.26 Å². The Hall–Kier alpha value is -4.28. The van der Waals surface area contributed by atoms with E-state index < -0.39 is 0 Å². The van der Waals surface area contributed by atoms with Crippen molar-refractivity contribution in [3.63, 3.8) is 0 Å². The number of aromatic nitrogens is 3. The molecule has 3 aromatic heterocycles. The SMILES string of the molecule is N#CC(=Cc1c(Oc2ccccc2)nc2ccccn2c1=O)c1nc2ccccc2s1. The Bertz CT molecular complexity index is 1510. The molecule has 6 nitrogen and oxygen atoms in total. The van der Waals surface area contributed by atoms with Crippen molar-refractivity contribution >= 4 is 38.8 Å². The van der Waals surface area contributed by atoms with Gasteiger partial charge in [0.2, 0.25) is 5.88 Å². The summed E-state index contributed by atoms with van der Waals surface area (Å²) in [4.78, 5) is 22.3. The van der Waals surface area contributed by atoms with Crippen molar-refractivity contribution in [2.45, 2.75) is 0 Å². The Morgan fingerprint density at radius 3 is 2.58 bits per heavy atom. The molecule has 7 heteroatoms. The van der Waals surface area contributed by atoms with Crippen LogP contribution in [-0.4, -0.2) is 14.4 Å². The molecule has 0 aliphatic heterocycles. The number of hydrogen-bond donors (Lipinski definition) is 0. The summed E-state index contributed by atoms with van der Waals surface area (Å²) in [6, 6.07) is 24.2. The van der Waals surface area contributed by atoms with Gasteiger partial charge in [-0.3, -0.25) is 9.20 Å². The number of rotatable bonds is 4. The molecule has 31 heavy (non-hydrogen) atoms. The van der Waals surface area contributed by atoms with Gasteiger partial charge in [0.25, 0.3) is 5.56 Å². The summed E-state index contributed by atoms with van der Waals surface area (Å²) in [6.45, 7) is 0. The Labute approximate surface area is 181 Å². The van der Waals surface area contributed by atoms with Crippen LogP contribution in [0.4, 0.5) is 0 Å². The topological polar surface area (TPSA) is 80.3 Å². The van der Waals surface area contributed by atoms with Crippen LogP contribution >= 0.6 is 11.3 Å². The average molecular weight is 422 g/mol. The average Bonchev–Trinajstić information content (AvgIpc) is 3.24. The van der Waals surface area contributed by atoms with Gasteiger partial charge < -0.3 is 4.74 Å². The molecule has 3 heterocycles. The summed E-state index contributed by atoms with van der Waals surface area (Å²) in [5.74, 6) is 0.680. The van der Waals surface area contributed by atoms with E-state index in [0.29, 0.717) is 16.4 Å². The number of fused-ring (bicyclic) bond motifs is 2. The van der Waals surface area contributed by atoms with Gasteiger partial charge in [-0.2, -0.15) is 10.2 Å². The van der Waals surface area contributed by atoms with Crippen LogP contribution in [0.15, 0.2) is 83.8 Å². The molecular formula is C24H14N4O2S. The van der Waals surface area contributed by atoms with Crippen molar-refractivity contribution < 1.29 is 4.74 Å². The van der Waals surface area contributed by atoms with Crippen molar-refractivity contribution in [2.75, 3.05) is 0 Å². The number of hydrogen-bond acceptors (Lipinski definition) is 6. The Morgan fingerprint density at radius 2 is 1.77 bits per heavy atom. The second kappa shape index (κ2) is 7.86. The normalized spacial score (nSPS) is 11.5. The molecule has 148 valence electrons. The molecule has 0 aliphatic rings. The van der Waals surface area contributed by atoms with Crippen LogP contribution < -0.4 is 10.3 Å². The highest BCUT2D eigenvalue weighted by Crippen LogP contribution is 2.30. The maximum absolute atomic E-state index is 13.3. The molecule has 0 N–H and O–H groups in total. The fourth-order valence-corrected chi connectivity index (χ4v) is 4.09. The van der Waals surface area contributed by atoms with E-state index in [1.54, 1.807) is 36.5 Å². The minimum Gasteiger partial charge on any atom is -0.438 e. The summed E-state index contributed by atoms with van der Waals surface area (Å²) in [7, 11) is 0. The maximum Gasteiger partial charge on any atom is 0.269 e. The molecule has 0 fully saturated rings. The molecule has 0 unspecified atom stereocenters. The first-order valence-corrected chi connectivity index (χ1v) is 10.3. The zero-order valence-electron chi connectivity index (χ0n) is 16.1. The number of benzene rings is 2. The van der Waals surface area contributed by atoms with Crippen LogP contribution in [-0.2, 0) is 0 Å². The van der Waals surface area contributed by atoms with Crippen LogP contribution in [0.1, 0.15) is 10.6 Å². The molecule has 0 radical (unpaired) electrons. The number of nitrogens with zero attached hydrogens (tertiary/aromatic N) is 4. The Morgan fingerprint density at radius 1 is 1.00 bits per heavy atom. The van der Waals surface area contributed by atoms with E-state index >= 15 is 0 Å². The number of para-hydroxylation sites is 2. The summed E-state index contributed by atoms with van der Waals surface area (Å²) in [6.07, 6.45) is 3.14. The van der Waals surface area contributed by atoms with Crippen molar-refractivity contribution in [3.8, 4) is 17.7 Å². The van der Waals surface area contributed by atoms with Crippen molar-refractivity contribution in [1.82, 2.24) is 14.4 Å². The monoisotopic (exact) mass is 422 g/mol. The van der Waals surface area contributed by atoms with Gasteiger partial charge in [0.05, 0.1) is 15.8 Å². The van der Waals surface area contributed by atoms with Crippen LogP contribution in [0.5, 0.6) is 11.6 Å². The highest BCUT2D eigenvalue weighted by Gasteiger charge is 2.16. The van der Waals surface area contributed by atoms with E-state index in [1.807, 2.05) is 42.5 Å². The highest BCUT2D eigenvalue weighted by atomic mass is 32.1. The minimum absolute atomic E-state index is 0.135. The van der Waals surface area contributed by atoms with Gasteiger partial charge in [-0.15, -0.1) is 11.3 Å². The number of ether oxygens (including phenoxy) is 1. The van der Waals surface area contributed by atoms with Crippen LogP contribution in [0, 0.1) is 11.3 Å². The summed E-state index contributed by atoms with van der Waals surface area (Å²) < 4.78 is 8.34. The summed E-state index contributed by atoms with van der Waals surface area (Å²) in [5.41, 5.74) is 1.38. The maximum atomic E-state index is 13.3. The molecule has 0 saturated carbocycles. The van der Waals surface area contributed by atoms with E-state index in [9.17, 15) is 10.1 Å². The molecule has 5 rings (SSSR count). The van der Waals surface area contributed by atoms with E-state index in [1.165, 1.54) is 21.8 Å². The van der Waals surface area contributed by atoms with Crippen LogP contribution in [0.25, 0.3) is 27.5 Å². The highest BCUT2D eigenvalue weighted by molar-refractivity contribution is 7.19. The predicted molar refractivity (Wildman–Crippen MR) is 121 cm³/mol. The van der Waals surface area contributed by atoms with Gasteiger partial charge >= 0.3 is 0 Å². The number of nitriles is 1. The zero-order chi connectivity index (χ0) is 21.2. The first kappa shape index (κ1) is 18.7.